The summed E-state index contributed by atoms with van der Waals surface area (Å²) in [6.07, 6.45) is 12.7. The number of fused-ring (bicyclic) bond motifs is 4. The summed E-state index contributed by atoms with van der Waals surface area (Å²) in [5, 5.41) is 0. The van der Waals surface area contributed by atoms with Crippen LogP contribution in [-0.4, -0.2) is 0 Å². The van der Waals surface area contributed by atoms with Crippen molar-refractivity contribution in [3.8, 4) is 0 Å². The Balaban J connectivity index is 1.49. The van der Waals surface area contributed by atoms with Crippen LogP contribution in [-0.2, 0) is 0 Å². The predicted molar refractivity (Wildman–Crippen MR) is 76.2 cm³/mol. The van der Waals surface area contributed by atoms with Gasteiger partial charge in [0.15, 0.2) is 0 Å². The summed E-state index contributed by atoms with van der Waals surface area (Å²) in [5.41, 5.74) is 0. The molecule has 0 N–H and O–H groups in total. The van der Waals surface area contributed by atoms with Crippen LogP contribution in [0.1, 0.15) is 65.2 Å². The summed E-state index contributed by atoms with van der Waals surface area (Å²) >= 11 is 0. The number of hydrogen-bond donors (Lipinski definition) is 0. The summed E-state index contributed by atoms with van der Waals surface area (Å²) in [6.45, 7) is 5.19. The monoisotopic (exact) mass is 246 g/mol. The molecule has 0 aromatic carbocycles. The highest BCUT2D eigenvalue weighted by Crippen LogP contribution is 2.57. The van der Waals surface area contributed by atoms with Crippen LogP contribution in [0.25, 0.3) is 0 Å². The second-order valence-electron chi connectivity index (χ2n) is 8.41. The van der Waals surface area contributed by atoms with Gasteiger partial charge in [-0.05, 0) is 92.3 Å². The molecule has 8 unspecified atom stereocenters. The third-order valence-corrected chi connectivity index (χ3v) is 7.71. The lowest BCUT2D eigenvalue weighted by Crippen LogP contribution is -2.33. The fourth-order valence-corrected chi connectivity index (χ4v) is 6.67. The highest BCUT2D eigenvalue weighted by molar-refractivity contribution is 4.98. The van der Waals surface area contributed by atoms with E-state index in [0.29, 0.717) is 0 Å². The first kappa shape index (κ1) is 11.8. The Bertz CT molecular complexity index is 320. The molecule has 0 heterocycles. The van der Waals surface area contributed by atoms with Crippen molar-refractivity contribution >= 4 is 0 Å². The molecule has 18 heavy (non-hydrogen) atoms. The van der Waals surface area contributed by atoms with Crippen LogP contribution in [0.5, 0.6) is 0 Å². The van der Waals surface area contributed by atoms with Crippen molar-refractivity contribution in [3.05, 3.63) is 0 Å². The molecule has 4 fully saturated rings. The van der Waals surface area contributed by atoms with Gasteiger partial charge in [0.25, 0.3) is 0 Å². The van der Waals surface area contributed by atoms with E-state index in [2.05, 4.69) is 13.8 Å². The molecule has 0 aromatic rings. The molecule has 0 aliphatic heterocycles. The lowest BCUT2D eigenvalue weighted by molar-refractivity contribution is 0.0798. The van der Waals surface area contributed by atoms with Crippen molar-refractivity contribution in [1.29, 1.82) is 0 Å². The molecular formula is C18H30. The van der Waals surface area contributed by atoms with Gasteiger partial charge in [0, 0.05) is 0 Å². The van der Waals surface area contributed by atoms with Gasteiger partial charge in [0.1, 0.15) is 0 Å². The van der Waals surface area contributed by atoms with E-state index in [-0.39, 0.29) is 0 Å². The van der Waals surface area contributed by atoms with E-state index in [0.717, 1.165) is 47.3 Å². The second-order valence-corrected chi connectivity index (χ2v) is 8.41. The van der Waals surface area contributed by atoms with Gasteiger partial charge in [-0.2, -0.15) is 0 Å². The van der Waals surface area contributed by atoms with Crippen LogP contribution in [0.4, 0.5) is 0 Å². The van der Waals surface area contributed by atoms with E-state index in [1.807, 2.05) is 0 Å². The van der Waals surface area contributed by atoms with Gasteiger partial charge in [-0.1, -0.05) is 20.3 Å². The molecule has 0 aromatic heterocycles. The average Bonchev–Trinajstić information content (AvgIpc) is 3.08. The van der Waals surface area contributed by atoms with E-state index >= 15 is 0 Å². The molecule has 0 spiro atoms. The van der Waals surface area contributed by atoms with Crippen LogP contribution in [0, 0.1) is 47.3 Å². The zero-order valence-corrected chi connectivity index (χ0v) is 12.3. The molecule has 0 nitrogen and oxygen atoms in total. The maximum atomic E-state index is 2.64. The van der Waals surface area contributed by atoms with Crippen LogP contribution in [0.2, 0.25) is 0 Å². The Morgan fingerprint density at radius 1 is 0.722 bits per heavy atom. The van der Waals surface area contributed by atoms with Gasteiger partial charge in [0.2, 0.25) is 0 Å². The van der Waals surface area contributed by atoms with Crippen molar-refractivity contribution in [3.63, 3.8) is 0 Å². The molecule has 8 atom stereocenters. The fraction of sp³-hybridized carbons (Fsp3) is 1.00. The first-order chi connectivity index (χ1) is 8.72. The summed E-state index contributed by atoms with van der Waals surface area (Å²) in [6, 6.07) is 0. The standard InChI is InChI=1S/C18H30/c1-11-7-17(16-6-5-14(11)10-16)12(2)18-9-13-3-4-15(18)8-13/h11-18H,3-10H2,1-2H3. The van der Waals surface area contributed by atoms with Crippen LogP contribution in [0.3, 0.4) is 0 Å². The molecule has 0 saturated heterocycles. The number of hydrogen-bond acceptors (Lipinski definition) is 0. The first-order valence-electron chi connectivity index (χ1n) is 8.72. The highest BCUT2D eigenvalue weighted by Gasteiger charge is 2.48. The highest BCUT2D eigenvalue weighted by atomic mass is 14.5. The lowest BCUT2D eigenvalue weighted by Gasteiger charge is -2.41. The summed E-state index contributed by atoms with van der Waals surface area (Å²) in [5.74, 6) is 8.82. The lowest BCUT2D eigenvalue weighted by atomic mass is 9.64. The van der Waals surface area contributed by atoms with Gasteiger partial charge >= 0.3 is 0 Å². The third-order valence-electron chi connectivity index (χ3n) is 7.71. The SMILES string of the molecule is CC1CC(C(C)C2CC3CCC2C3)C2CCC1C2. The molecule has 4 rings (SSSR count). The molecule has 4 aliphatic rings. The van der Waals surface area contributed by atoms with E-state index in [4.69, 9.17) is 0 Å². The molecule has 4 aliphatic carbocycles. The molecular weight excluding hydrogens is 216 g/mol. The minimum Gasteiger partial charge on any atom is -0.0622 e. The van der Waals surface area contributed by atoms with E-state index in [9.17, 15) is 0 Å². The molecule has 4 saturated carbocycles. The van der Waals surface area contributed by atoms with Gasteiger partial charge in [-0.25, -0.2) is 0 Å². The van der Waals surface area contributed by atoms with Crippen LogP contribution >= 0.6 is 0 Å². The third kappa shape index (κ3) is 1.70. The van der Waals surface area contributed by atoms with Crippen LogP contribution < -0.4 is 0 Å². The normalized spacial score (nSPS) is 56.0. The Morgan fingerprint density at radius 2 is 1.39 bits per heavy atom. The summed E-state index contributed by atoms with van der Waals surface area (Å²) in [7, 11) is 0. The second kappa shape index (κ2) is 4.25. The Kier molecular flexibility index (Phi) is 2.79. The molecule has 0 radical (unpaired) electrons. The molecule has 4 bridgehead atoms. The average molecular weight is 246 g/mol. The fourth-order valence-electron chi connectivity index (χ4n) is 6.67. The minimum atomic E-state index is 1.04. The zero-order valence-electron chi connectivity index (χ0n) is 12.3. The van der Waals surface area contributed by atoms with Gasteiger partial charge in [0.05, 0.1) is 0 Å². The van der Waals surface area contributed by atoms with Crippen molar-refractivity contribution < 1.29 is 0 Å². The Hall–Kier alpha value is 0. The minimum absolute atomic E-state index is 1.04. The summed E-state index contributed by atoms with van der Waals surface area (Å²) < 4.78 is 0. The van der Waals surface area contributed by atoms with Crippen molar-refractivity contribution in [2.75, 3.05) is 0 Å². The van der Waals surface area contributed by atoms with Crippen molar-refractivity contribution in [1.82, 2.24) is 0 Å². The topological polar surface area (TPSA) is 0 Å². The Morgan fingerprint density at radius 3 is 2.11 bits per heavy atom. The smallest absolute Gasteiger partial charge is 0.0355 e. The maximum absolute atomic E-state index is 2.64. The first-order valence-corrected chi connectivity index (χ1v) is 8.72. The predicted octanol–water partition coefficient (Wildman–Crippen LogP) is 5.13. The van der Waals surface area contributed by atoms with E-state index < -0.39 is 0 Å². The molecule has 0 heteroatoms. The van der Waals surface area contributed by atoms with Crippen LogP contribution in [0.15, 0.2) is 0 Å². The van der Waals surface area contributed by atoms with Gasteiger partial charge in [-0.3, -0.25) is 0 Å². The largest absolute Gasteiger partial charge is 0.0622 e. The van der Waals surface area contributed by atoms with Crippen molar-refractivity contribution in [2.45, 2.75) is 65.2 Å². The summed E-state index contributed by atoms with van der Waals surface area (Å²) in [4.78, 5) is 0. The quantitative estimate of drug-likeness (QED) is 0.633. The number of rotatable bonds is 2. The van der Waals surface area contributed by atoms with E-state index in [1.165, 1.54) is 0 Å². The van der Waals surface area contributed by atoms with E-state index in [1.54, 1.807) is 51.4 Å². The van der Waals surface area contributed by atoms with Gasteiger partial charge < -0.3 is 0 Å². The van der Waals surface area contributed by atoms with Gasteiger partial charge in [-0.15, -0.1) is 0 Å². The molecule has 0 amide bonds. The zero-order chi connectivity index (χ0) is 12.3. The van der Waals surface area contributed by atoms with Crippen molar-refractivity contribution in [2.24, 2.45) is 47.3 Å². The molecule has 102 valence electrons. The maximum Gasteiger partial charge on any atom is -0.0355 e. The Labute approximate surface area is 113 Å².